The lowest BCUT2D eigenvalue weighted by molar-refractivity contribution is 0.387. The fourth-order valence-corrected chi connectivity index (χ4v) is 2.85. The van der Waals surface area contributed by atoms with Gasteiger partial charge < -0.3 is 9.84 Å². The second kappa shape index (κ2) is 6.79. The number of nitrogens with one attached hydrogen (secondary N) is 2. The lowest BCUT2D eigenvalue weighted by Gasteiger charge is -2.06. The van der Waals surface area contributed by atoms with Crippen molar-refractivity contribution in [3.63, 3.8) is 0 Å². The Bertz CT molecular complexity index is 680. The average Bonchev–Trinajstić information content (AvgIpc) is 2.85. The summed E-state index contributed by atoms with van der Waals surface area (Å²) in [6.07, 6.45) is 0.383. The number of aryl methyl sites for hydroxylation is 1. The molecule has 0 unspecified atom stereocenters. The minimum atomic E-state index is -3.51. The summed E-state index contributed by atoms with van der Waals surface area (Å²) in [6.45, 7) is 2.61. The van der Waals surface area contributed by atoms with Gasteiger partial charge in [-0.25, -0.2) is 13.1 Å². The lowest BCUT2D eigenvalue weighted by Crippen LogP contribution is -2.26. The maximum absolute atomic E-state index is 12.1. The summed E-state index contributed by atoms with van der Waals surface area (Å²) >= 11 is 0. The van der Waals surface area contributed by atoms with E-state index < -0.39 is 10.0 Å². The molecule has 0 aliphatic rings. The molecular weight excluding hydrogens is 292 g/mol. The first kappa shape index (κ1) is 15.6. The SMILES string of the molecule is CNCc1ccc(S(=O)(=O)NCCc2noc(C)n2)cc1. The average molecular weight is 310 g/mol. The topological polar surface area (TPSA) is 97.1 Å². The molecule has 2 N–H and O–H groups in total. The fraction of sp³-hybridized carbons (Fsp3) is 0.385. The second-order valence-electron chi connectivity index (χ2n) is 4.55. The van der Waals surface area contributed by atoms with Crippen LogP contribution < -0.4 is 10.0 Å². The van der Waals surface area contributed by atoms with E-state index >= 15 is 0 Å². The van der Waals surface area contributed by atoms with Crippen LogP contribution in [0, 0.1) is 6.92 Å². The summed E-state index contributed by atoms with van der Waals surface area (Å²) in [5, 5.41) is 6.72. The van der Waals surface area contributed by atoms with E-state index in [2.05, 4.69) is 20.2 Å². The number of sulfonamides is 1. The summed E-state index contributed by atoms with van der Waals surface area (Å²) in [4.78, 5) is 4.26. The van der Waals surface area contributed by atoms with E-state index in [1.165, 1.54) is 0 Å². The first-order chi connectivity index (χ1) is 10.0. The highest BCUT2D eigenvalue weighted by Gasteiger charge is 2.13. The van der Waals surface area contributed by atoms with Crippen molar-refractivity contribution in [2.24, 2.45) is 0 Å². The molecule has 1 heterocycles. The highest BCUT2D eigenvalue weighted by Crippen LogP contribution is 2.10. The van der Waals surface area contributed by atoms with Gasteiger partial charge in [0.15, 0.2) is 5.82 Å². The third-order valence-electron chi connectivity index (χ3n) is 2.82. The zero-order chi connectivity index (χ0) is 15.3. The van der Waals surface area contributed by atoms with Crippen molar-refractivity contribution in [3.8, 4) is 0 Å². The molecule has 8 heteroatoms. The number of hydrogen-bond acceptors (Lipinski definition) is 6. The van der Waals surface area contributed by atoms with Gasteiger partial charge >= 0.3 is 0 Å². The van der Waals surface area contributed by atoms with Crippen LogP contribution in [0.4, 0.5) is 0 Å². The molecule has 1 aromatic carbocycles. The van der Waals surface area contributed by atoms with Gasteiger partial charge in [0, 0.05) is 26.4 Å². The lowest BCUT2D eigenvalue weighted by atomic mass is 10.2. The van der Waals surface area contributed by atoms with Crippen molar-refractivity contribution in [2.45, 2.75) is 24.8 Å². The maximum atomic E-state index is 12.1. The Labute approximate surface area is 123 Å². The molecule has 0 fully saturated rings. The molecule has 0 saturated carbocycles. The number of hydrogen-bond donors (Lipinski definition) is 2. The Morgan fingerprint density at radius 1 is 1.24 bits per heavy atom. The molecule has 0 aliphatic heterocycles. The molecule has 2 rings (SSSR count). The van der Waals surface area contributed by atoms with Crippen LogP contribution in [0.3, 0.4) is 0 Å². The van der Waals surface area contributed by atoms with E-state index in [1.54, 1.807) is 31.2 Å². The zero-order valence-corrected chi connectivity index (χ0v) is 12.8. The predicted octanol–water partition coefficient (Wildman–Crippen LogP) is 0.618. The molecule has 0 amide bonds. The van der Waals surface area contributed by atoms with E-state index in [0.717, 1.165) is 5.56 Å². The molecule has 0 spiro atoms. The van der Waals surface area contributed by atoms with Crippen LogP contribution >= 0.6 is 0 Å². The van der Waals surface area contributed by atoms with Crippen molar-refractivity contribution in [1.29, 1.82) is 0 Å². The van der Waals surface area contributed by atoms with Crippen LogP contribution in [0.5, 0.6) is 0 Å². The van der Waals surface area contributed by atoms with Crippen molar-refractivity contribution >= 4 is 10.0 Å². The summed E-state index contributed by atoms with van der Waals surface area (Å²) in [7, 11) is -1.67. The van der Waals surface area contributed by atoms with E-state index in [-0.39, 0.29) is 11.4 Å². The van der Waals surface area contributed by atoms with Gasteiger partial charge in [0.1, 0.15) is 0 Å². The first-order valence-electron chi connectivity index (χ1n) is 6.53. The van der Waals surface area contributed by atoms with Crippen LogP contribution in [0.1, 0.15) is 17.3 Å². The van der Waals surface area contributed by atoms with Crippen LogP contribution in [-0.2, 0) is 23.0 Å². The van der Waals surface area contributed by atoms with Crippen LogP contribution in [0.25, 0.3) is 0 Å². The molecule has 21 heavy (non-hydrogen) atoms. The third-order valence-corrected chi connectivity index (χ3v) is 4.30. The van der Waals surface area contributed by atoms with Gasteiger partial charge in [-0.05, 0) is 24.7 Å². The van der Waals surface area contributed by atoms with E-state index in [9.17, 15) is 8.42 Å². The number of rotatable bonds is 7. The fourth-order valence-electron chi connectivity index (χ4n) is 1.81. The summed E-state index contributed by atoms with van der Waals surface area (Å²) < 4.78 is 31.6. The molecule has 2 aromatic rings. The highest BCUT2D eigenvalue weighted by molar-refractivity contribution is 7.89. The monoisotopic (exact) mass is 310 g/mol. The van der Waals surface area contributed by atoms with Gasteiger partial charge in [-0.2, -0.15) is 4.98 Å². The van der Waals surface area contributed by atoms with E-state index in [0.29, 0.717) is 24.7 Å². The quantitative estimate of drug-likeness (QED) is 0.778. The second-order valence-corrected chi connectivity index (χ2v) is 6.32. The van der Waals surface area contributed by atoms with Crippen molar-refractivity contribution in [3.05, 3.63) is 41.5 Å². The molecule has 0 radical (unpaired) electrons. The minimum Gasteiger partial charge on any atom is -0.340 e. The van der Waals surface area contributed by atoms with Crippen molar-refractivity contribution in [2.75, 3.05) is 13.6 Å². The molecule has 0 saturated heterocycles. The first-order valence-corrected chi connectivity index (χ1v) is 8.02. The van der Waals surface area contributed by atoms with E-state index in [4.69, 9.17) is 4.52 Å². The molecule has 114 valence electrons. The molecule has 0 bridgehead atoms. The van der Waals surface area contributed by atoms with Gasteiger partial charge in [-0.1, -0.05) is 17.3 Å². The maximum Gasteiger partial charge on any atom is 0.240 e. The van der Waals surface area contributed by atoms with Crippen LogP contribution in [0.2, 0.25) is 0 Å². The largest absolute Gasteiger partial charge is 0.340 e. The van der Waals surface area contributed by atoms with Gasteiger partial charge in [0.05, 0.1) is 4.90 Å². The van der Waals surface area contributed by atoms with Crippen LogP contribution in [-0.4, -0.2) is 32.2 Å². The molecule has 7 nitrogen and oxygen atoms in total. The van der Waals surface area contributed by atoms with Crippen molar-refractivity contribution < 1.29 is 12.9 Å². The summed E-state index contributed by atoms with van der Waals surface area (Å²) in [5.74, 6) is 0.951. The molecule has 1 aromatic heterocycles. The number of benzene rings is 1. The van der Waals surface area contributed by atoms with Gasteiger partial charge in [-0.15, -0.1) is 0 Å². The minimum absolute atomic E-state index is 0.222. The number of aromatic nitrogens is 2. The summed E-state index contributed by atoms with van der Waals surface area (Å²) in [6, 6.07) is 6.75. The zero-order valence-electron chi connectivity index (χ0n) is 12.0. The molecule has 0 atom stereocenters. The molecule has 0 aliphatic carbocycles. The normalized spacial score (nSPS) is 11.7. The Morgan fingerprint density at radius 2 is 1.95 bits per heavy atom. The Balaban J connectivity index is 1.94. The highest BCUT2D eigenvalue weighted by atomic mass is 32.2. The van der Waals surface area contributed by atoms with Gasteiger partial charge in [0.25, 0.3) is 0 Å². The Kier molecular flexibility index (Phi) is 5.05. The summed E-state index contributed by atoms with van der Waals surface area (Å²) in [5.41, 5.74) is 1.03. The Morgan fingerprint density at radius 3 is 2.52 bits per heavy atom. The standard InChI is InChI=1S/C13H18N4O3S/c1-10-16-13(17-20-10)7-8-15-21(18,19)12-5-3-11(4-6-12)9-14-2/h3-6,14-15H,7-9H2,1-2H3. The molecular formula is C13H18N4O3S. The van der Waals surface area contributed by atoms with Gasteiger partial charge in [0.2, 0.25) is 15.9 Å². The third kappa shape index (κ3) is 4.35. The van der Waals surface area contributed by atoms with Crippen molar-refractivity contribution in [1.82, 2.24) is 20.2 Å². The van der Waals surface area contributed by atoms with Gasteiger partial charge in [-0.3, -0.25) is 0 Å². The smallest absolute Gasteiger partial charge is 0.240 e. The van der Waals surface area contributed by atoms with Crippen LogP contribution in [0.15, 0.2) is 33.7 Å². The van der Waals surface area contributed by atoms with E-state index in [1.807, 2.05) is 7.05 Å². The Hall–Kier alpha value is -1.77. The predicted molar refractivity (Wildman–Crippen MR) is 77.1 cm³/mol. The number of nitrogens with zero attached hydrogens (tertiary/aromatic N) is 2.